The van der Waals surface area contributed by atoms with Crippen molar-refractivity contribution in [3.63, 3.8) is 0 Å². The highest BCUT2D eigenvalue weighted by Crippen LogP contribution is 2.59. The van der Waals surface area contributed by atoms with Gasteiger partial charge in [0.05, 0.1) is 18.2 Å². The number of hydrogen-bond acceptors (Lipinski definition) is 6. The summed E-state index contributed by atoms with van der Waals surface area (Å²) in [6.07, 6.45) is 3.12. The Hall–Kier alpha value is -1.47. The molecule has 0 spiro atoms. The first-order valence-corrected chi connectivity index (χ1v) is 10.7. The van der Waals surface area contributed by atoms with E-state index in [9.17, 15) is 9.59 Å². The van der Waals surface area contributed by atoms with Gasteiger partial charge in [-0.2, -0.15) is 0 Å². The number of ether oxygens (including phenoxy) is 1. The first kappa shape index (κ1) is 18.9. The molecule has 0 radical (unpaired) electrons. The van der Waals surface area contributed by atoms with Crippen LogP contribution in [-0.2, 0) is 20.7 Å². The zero-order chi connectivity index (χ0) is 19.5. The zero-order valence-corrected chi connectivity index (χ0v) is 17.6. The predicted octanol–water partition coefficient (Wildman–Crippen LogP) is 2.90. The number of amides is 1. The van der Waals surface area contributed by atoms with Crippen LogP contribution in [-0.4, -0.2) is 48.5 Å². The second-order valence-corrected chi connectivity index (χ2v) is 10.2. The third kappa shape index (κ3) is 3.09. The van der Waals surface area contributed by atoms with Crippen LogP contribution in [0.2, 0.25) is 0 Å². The van der Waals surface area contributed by atoms with Gasteiger partial charge in [-0.25, -0.2) is 4.98 Å². The lowest BCUT2D eigenvalue weighted by atomic mass is 9.54. The zero-order valence-electron chi connectivity index (χ0n) is 16.7. The van der Waals surface area contributed by atoms with Gasteiger partial charge >= 0.3 is 5.97 Å². The van der Waals surface area contributed by atoms with Crippen LogP contribution >= 0.6 is 11.3 Å². The number of rotatable bonds is 3. The number of fused-ring (bicyclic) bond motifs is 4. The maximum Gasteiger partial charge on any atom is 0.309 e. The van der Waals surface area contributed by atoms with E-state index in [-0.39, 0.29) is 35.2 Å². The number of likely N-dealkylation sites (N-methyl/N-ethyl adjacent to an activating group) is 1. The number of hydrogen-bond donors (Lipinski definition) is 1. The van der Waals surface area contributed by atoms with E-state index in [1.165, 1.54) is 4.88 Å². The van der Waals surface area contributed by atoms with Gasteiger partial charge in [0.15, 0.2) is 5.13 Å². The van der Waals surface area contributed by atoms with E-state index in [2.05, 4.69) is 19.2 Å². The second kappa shape index (κ2) is 6.55. The molecule has 0 aromatic carbocycles. The number of thiazole rings is 1. The van der Waals surface area contributed by atoms with E-state index in [0.717, 1.165) is 25.0 Å². The van der Waals surface area contributed by atoms with Gasteiger partial charge < -0.3 is 15.0 Å². The van der Waals surface area contributed by atoms with Gasteiger partial charge in [0.1, 0.15) is 6.10 Å². The van der Waals surface area contributed by atoms with Crippen molar-refractivity contribution in [3.05, 3.63) is 10.6 Å². The molecule has 1 N–H and O–H groups in total. The van der Waals surface area contributed by atoms with E-state index in [4.69, 9.17) is 9.72 Å². The van der Waals surface area contributed by atoms with Crippen LogP contribution < -0.4 is 5.32 Å². The SMILES string of the molecule is C[C@@H]1C(=O)O[C@H]2[C@H]1CC[C@]1(C)Cc3sc(NC(=O)CN(C)C)nc3[C@@H](C)[C@H]21. The van der Waals surface area contributed by atoms with E-state index in [1.807, 2.05) is 25.9 Å². The average molecular weight is 392 g/mol. The molecule has 27 heavy (non-hydrogen) atoms. The molecule has 1 amide bonds. The van der Waals surface area contributed by atoms with Crippen LogP contribution in [0.25, 0.3) is 0 Å². The van der Waals surface area contributed by atoms with Crippen molar-refractivity contribution >= 4 is 28.3 Å². The molecular weight excluding hydrogens is 362 g/mol. The molecule has 1 saturated carbocycles. The smallest absolute Gasteiger partial charge is 0.309 e. The molecule has 0 bridgehead atoms. The summed E-state index contributed by atoms with van der Waals surface area (Å²) in [7, 11) is 3.75. The number of anilines is 1. The molecule has 1 aromatic heterocycles. The van der Waals surface area contributed by atoms with Crippen molar-refractivity contribution < 1.29 is 14.3 Å². The normalized spacial score (nSPS) is 37.4. The highest BCUT2D eigenvalue weighted by molar-refractivity contribution is 7.15. The van der Waals surface area contributed by atoms with Crippen molar-refractivity contribution in [1.29, 1.82) is 0 Å². The molecule has 0 unspecified atom stereocenters. The van der Waals surface area contributed by atoms with E-state index < -0.39 is 0 Å². The maximum absolute atomic E-state index is 12.2. The Bertz CT molecular complexity index is 777. The minimum atomic E-state index is -0.0408. The van der Waals surface area contributed by atoms with E-state index in [0.29, 0.717) is 23.5 Å². The van der Waals surface area contributed by atoms with Crippen molar-refractivity contribution in [2.24, 2.45) is 23.2 Å². The highest BCUT2D eigenvalue weighted by Gasteiger charge is 2.58. The molecule has 6 atom stereocenters. The maximum atomic E-state index is 12.2. The van der Waals surface area contributed by atoms with Crippen LogP contribution in [0.5, 0.6) is 0 Å². The van der Waals surface area contributed by atoms with Crippen LogP contribution in [0.4, 0.5) is 5.13 Å². The monoisotopic (exact) mass is 391 g/mol. The van der Waals surface area contributed by atoms with Crippen LogP contribution in [0.1, 0.15) is 50.1 Å². The molecule has 3 aliphatic rings. The van der Waals surface area contributed by atoms with Gasteiger partial charge in [-0.1, -0.05) is 20.8 Å². The largest absolute Gasteiger partial charge is 0.461 e. The number of nitrogens with zero attached hydrogens (tertiary/aromatic N) is 2. The van der Waals surface area contributed by atoms with Crippen LogP contribution in [0.15, 0.2) is 0 Å². The van der Waals surface area contributed by atoms with Gasteiger partial charge in [0.25, 0.3) is 0 Å². The number of esters is 1. The summed E-state index contributed by atoms with van der Waals surface area (Å²) in [5, 5.41) is 3.64. The molecule has 2 fully saturated rings. The van der Waals surface area contributed by atoms with Crippen LogP contribution in [0.3, 0.4) is 0 Å². The fourth-order valence-corrected chi connectivity index (χ4v) is 6.86. The average Bonchev–Trinajstić information content (AvgIpc) is 3.07. The van der Waals surface area contributed by atoms with Gasteiger partial charge in [0, 0.05) is 22.6 Å². The lowest BCUT2D eigenvalue weighted by molar-refractivity contribution is -0.149. The Labute approximate surface area is 164 Å². The molecule has 1 aromatic rings. The van der Waals surface area contributed by atoms with Crippen molar-refractivity contribution in [3.8, 4) is 0 Å². The summed E-state index contributed by atoms with van der Waals surface area (Å²) in [6.45, 7) is 6.91. The Morgan fingerprint density at radius 3 is 2.81 bits per heavy atom. The molecule has 6 nitrogen and oxygen atoms in total. The fraction of sp³-hybridized carbons (Fsp3) is 0.750. The van der Waals surface area contributed by atoms with Gasteiger partial charge in [-0.3, -0.25) is 9.59 Å². The van der Waals surface area contributed by atoms with Crippen molar-refractivity contribution in [2.45, 2.75) is 52.1 Å². The third-order valence-corrected chi connectivity index (χ3v) is 7.85. The topological polar surface area (TPSA) is 71.5 Å². The Kier molecular flexibility index (Phi) is 4.58. The number of aromatic nitrogens is 1. The predicted molar refractivity (Wildman–Crippen MR) is 105 cm³/mol. The summed E-state index contributed by atoms with van der Waals surface area (Å²) in [5.41, 5.74) is 1.20. The molecule has 148 valence electrons. The van der Waals surface area contributed by atoms with Gasteiger partial charge in [-0.15, -0.1) is 11.3 Å². The van der Waals surface area contributed by atoms with E-state index in [1.54, 1.807) is 11.3 Å². The van der Waals surface area contributed by atoms with Gasteiger partial charge in [0.2, 0.25) is 5.91 Å². The summed E-state index contributed by atoms with van der Waals surface area (Å²) in [5.74, 6) is 0.774. The fourth-order valence-electron chi connectivity index (χ4n) is 5.58. The lowest BCUT2D eigenvalue weighted by Gasteiger charge is -2.51. The Morgan fingerprint density at radius 1 is 1.37 bits per heavy atom. The molecule has 4 rings (SSSR count). The molecule has 2 heterocycles. The van der Waals surface area contributed by atoms with E-state index >= 15 is 0 Å². The Balaban J connectivity index is 1.61. The summed E-state index contributed by atoms with van der Waals surface area (Å²) in [6, 6.07) is 0. The first-order chi connectivity index (χ1) is 12.7. The molecular formula is C20H29N3O3S. The molecule has 2 aliphatic carbocycles. The summed E-state index contributed by atoms with van der Waals surface area (Å²) >= 11 is 1.61. The minimum Gasteiger partial charge on any atom is -0.461 e. The second-order valence-electron chi connectivity index (χ2n) is 9.15. The number of carbonyl (C=O) groups is 2. The van der Waals surface area contributed by atoms with Gasteiger partial charge in [-0.05, 0) is 38.8 Å². The molecule has 1 aliphatic heterocycles. The lowest BCUT2D eigenvalue weighted by Crippen LogP contribution is -2.50. The van der Waals surface area contributed by atoms with Crippen LogP contribution in [0, 0.1) is 23.2 Å². The van der Waals surface area contributed by atoms with Crippen molar-refractivity contribution in [2.75, 3.05) is 26.0 Å². The highest BCUT2D eigenvalue weighted by atomic mass is 32.1. The standard InChI is InChI=1S/C20H29N3O3S/c1-10-12-6-7-20(3)8-13-16(11(2)15(20)17(12)26-18(10)25)22-19(27-13)21-14(24)9-23(4)5/h10-12,15,17H,6-9H2,1-5H3,(H,21,22,24)/t10-,11-,12-,15+,17-,20+/m0/s1. The number of nitrogens with one attached hydrogen (secondary N) is 1. The minimum absolute atomic E-state index is 0.00267. The van der Waals surface area contributed by atoms with Crippen molar-refractivity contribution in [1.82, 2.24) is 9.88 Å². The first-order valence-electron chi connectivity index (χ1n) is 9.84. The molecule has 1 saturated heterocycles. The number of carbonyl (C=O) groups excluding carboxylic acids is 2. The Morgan fingerprint density at radius 2 is 2.11 bits per heavy atom. The third-order valence-electron chi connectivity index (χ3n) is 6.86. The quantitative estimate of drug-likeness (QED) is 0.802. The molecule has 7 heteroatoms. The summed E-state index contributed by atoms with van der Waals surface area (Å²) in [4.78, 5) is 32.2. The summed E-state index contributed by atoms with van der Waals surface area (Å²) < 4.78 is 5.87.